The molecule has 62 valence electrons. The molecular weight excluding hydrogens is 236 g/mol. The van der Waals surface area contributed by atoms with Gasteiger partial charge in [0.2, 0.25) is 0 Å². The van der Waals surface area contributed by atoms with Crippen molar-refractivity contribution < 1.29 is 5.11 Å². The molecule has 0 fully saturated rings. The Kier molecular flexibility index (Phi) is 1.85. The Bertz CT molecular complexity index is 433. The van der Waals surface area contributed by atoms with Gasteiger partial charge >= 0.3 is 0 Å². The van der Waals surface area contributed by atoms with Crippen LogP contribution in [0.25, 0.3) is 10.1 Å². The van der Waals surface area contributed by atoms with Gasteiger partial charge in [0.1, 0.15) is 9.54 Å². The number of hydrogen-bond donors (Lipinski definition) is 1. The second kappa shape index (κ2) is 2.75. The van der Waals surface area contributed by atoms with Gasteiger partial charge in [0.05, 0.1) is 0 Å². The lowest BCUT2D eigenvalue weighted by Gasteiger charge is -1.93. The predicted molar refractivity (Wildman–Crippen MR) is 55.9 cm³/mol. The molecule has 2 aromatic rings. The second-order valence-corrected chi connectivity index (χ2v) is 5.01. The number of hydrogen-bond acceptors (Lipinski definition) is 2. The van der Waals surface area contributed by atoms with Gasteiger partial charge in [-0.1, -0.05) is 12.1 Å². The van der Waals surface area contributed by atoms with E-state index in [4.69, 9.17) is 0 Å². The molecule has 0 bridgehead atoms. The predicted octanol–water partition coefficient (Wildman–Crippen LogP) is 3.68. The summed E-state index contributed by atoms with van der Waals surface area (Å²) in [5, 5.41) is 10.5. The van der Waals surface area contributed by atoms with Crippen LogP contribution >= 0.6 is 27.3 Å². The van der Waals surface area contributed by atoms with Crippen molar-refractivity contribution in [3.63, 3.8) is 0 Å². The van der Waals surface area contributed by atoms with Gasteiger partial charge in [-0.15, -0.1) is 11.3 Å². The summed E-state index contributed by atoms with van der Waals surface area (Å²) in [5.74, 6) is 0.360. The average molecular weight is 243 g/mol. The normalized spacial score (nSPS) is 10.8. The molecule has 0 atom stereocenters. The highest BCUT2D eigenvalue weighted by atomic mass is 79.9. The number of halogens is 1. The Morgan fingerprint density at radius 2 is 2.17 bits per heavy atom. The lowest BCUT2D eigenvalue weighted by atomic mass is 10.2. The fourth-order valence-corrected chi connectivity index (χ4v) is 2.81. The van der Waals surface area contributed by atoms with Crippen molar-refractivity contribution >= 4 is 37.4 Å². The number of fused-ring (bicyclic) bond motifs is 1. The molecule has 0 amide bonds. The van der Waals surface area contributed by atoms with E-state index in [0.717, 1.165) is 13.9 Å². The Hall–Kier alpha value is -0.540. The van der Waals surface area contributed by atoms with Crippen LogP contribution in [0.2, 0.25) is 0 Å². The minimum Gasteiger partial charge on any atom is -0.505 e. The molecule has 1 heterocycles. The highest BCUT2D eigenvalue weighted by molar-refractivity contribution is 9.11. The van der Waals surface area contributed by atoms with Crippen LogP contribution in [0.3, 0.4) is 0 Å². The van der Waals surface area contributed by atoms with Gasteiger partial charge in [-0.25, -0.2) is 0 Å². The first-order chi connectivity index (χ1) is 5.70. The van der Waals surface area contributed by atoms with E-state index in [2.05, 4.69) is 15.9 Å². The SMILES string of the molecule is Cc1cccc2c(O)c(Br)sc12. The van der Waals surface area contributed by atoms with Crippen molar-refractivity contribution in [2.45, 2.75) is 6.92 Å². The van der Waals surface area contributed by atoms with Crippen LogP contribution in [0.1, 0.15) is 5.56 Å². The van der Waals surface area contributed by atoms with Crippen LogP contribution in [0.5, 0.6) is 5.75 Å². The molecule has 0 spiro atoms. The van der Waals surface area contributed by atoms with E-state index in [1.807, 2.05) is 25.1 Å². The van der Waals surface area contributed by atoms with Crippen LogP contribution in [0.15, 0.2) is 22.0 Å². The van der Waals surface area contributed by atoms with E-state index in [1.165, 1.54) is 5.56 Å². The zero-order valence-electron chi connectivity index (χ0n) is 6.47. The average Bonchev–Trinajstić information content (AvgIpc) is 2.32. The maximum atomic E-state index is 9.59. The van der Waals surface area contributed by atoms with Gasteiger partial charge in [0.15, 0.2) is 0 Å². The van der Waals surface area contributed by atoms with Crippen molar-refractivity contribution in [3.05, 3.63) is 27.5 Å². The summed E-state index contributed by atoms with van der Waals surface area (Å²) in [4.78, 5) is 0. The molecule has 3 heteroatoms. The molecule has 0 saturated heterocycles. The van der Waals surface area contributed by atoms with Gasteiger partial charge in [-0.05, 0) is 34.5 Å². The fraction of sp³-hybridized carbons (Fsp3) is 0.111. The summed E-state index contributed by atoms with van der Waals surface area (Å²) in [5.41, 5.74) is 1.21. The van der Waals surface area contributed by atoms with Crippen molar-refractivity contribution in [1.82, 2.24) is 0 Å². The maximum absolute atomic E-state index is 9.59. The van der Waals surface area contributed by atoms with Crippen molar-refractivity contribution in [3.8, 4) is 5.75 Å². The number of rotatable bonds is 0. The van der Waals surface area contributed by atoms with E-state index < -0.39 is 0 Å². The quantitative estimate of drug-likeness (QED) is 0.748. The molecule has 1 N–H and O–H groups in total. The Morgan fingerprint density at radius 3 is 2.83 bits per heavy atom. The van der Waals surface area contributed by atoms with Gasteiger partial charge in [-0.3, -0.25) is 0 Å². The standard InChI is InChI=1S/C9H7BrOS/c1-5-3-2-4-6-7(11)9(10)12-8(5)6/h2-4,11H,1H3. The largest absolute Gasteiger partial charge is 0.505 e. The first-order valence-electron chi connectivity index (χ1n) is 3.56. The summed E-state index contributed by atoms with van der Waals surface area (Å²) in [6.45, 7) is 2.05. The zero-order chi connectivity index (χ0) is 8.72. The first-order valence-corrected chi connectivity index (χ1v) is 5.17. The summed E-state index contributed by atoms with van der Waals surface area (Å²) in [6.07, 6.45) is 0. The third-order valence-corrected chi connectivity index (χ3v) is 3.82. The number of aryl methyl sites for hydroxylation is 1. The fourth-order valence-electron chi connectivity index (χ4n) is 1.22. The van der Waals surface area contributed by atoms with E-state index in [1.54, 1.807) is 11.3 Å². The lowest BCUT2D eigenvalue weighted by Crippen LogP contribution is -1.69. The Balaban J connectivity index is 2.95. The van der Waals surface area contributed by atoms with E-state index in [9.17, 15) is 5.11 Å². The summed E-state index contributed by atoms with van der Waals surface area (Å²) < 4.78 is 1.97. The third kappa shape index (κ3) is 1.04. The maximum Gasteiger partial charge on any atom is 0.148 e. The first kappa shape index (κ1) is 8.08. The highest BCUT2D eigenvalue weighted by Gasteiger charge is 2.08. The molecule has 0 unspecified atom stereocenters. The van der Waals surface area contributed by atoms with Crippen LogP contribution in [0.4, 0.5) is 0 Å². The molecule has 1 aromatic heterocycles. The zero-order valence-corrected chi connectivity index (χ0v) is 8.87. The molecule has 1 nitrogen and oxygen atoms in total. The van der Waals surface area contributed by atoms with Crippen LogP contribution in [-0.4, -0.2) is 5.11 Å². The number of thiophene rings is 1. The van der Waals surface area contributed by atoms with Crippen LogP contribution in [0, 0.1) is 6.92 Å². The molecule has 0 radical (unpaired) electrons. The smallest absolute Gasteiger partial charge is 0.148 e. The molecule has 0 aliphatic carbocycles. The van der Waals surface area contributed by atoms with Gasteiger partial charge in [-0.2, -0.15) is 0 Å². The van der Waals surface area contributed by atoms with Crippen molar-refractivity contribution in [2.24, 2.45) is 0 Å². The van der Waals surface area contributed by atoms with Crippen LogP contribution < -0.4 is 0 Å². The summed E-state index contributed by atoms with van der Waals surface area (Å²) in [7, 11) is 0. The number of aromatic hydroxyl groups is 1. The summed E-state index contributed by atoms with van der Waals surface area (Å²) in [6, 6.07) is 5.93. The minimum atomic E-state index is 0.360. The minimum absolute atomic E-state index is 0.360. The molecule has 0 aliphatic rings. The molecule has 0 aliphatic heterocycles. The van der Waals surface area contributed by atoms with E-state index >= 15 is 0 Å². The molecule has 12 heavy (non-hydrogen) atoms. The highest BCUT2D eigenvalue weighted by Crippen LogP contribution is 2.41. The second-order valence-electron chi connectivity index (χ2n) is 2.68. The van der Waals surface area contributed by atoms with Gasteiger partial charge in [0.25, 0.3) is 0 Å². The summed E-state index contributed by atoms with van der Waals surface area (Å²) >= 11 is 4.88. The molecule has 1 aromatic carbocycles. The number of benzene rings is 1. The van der Waals surface area contributed by atoms with E-state index in [-0.39, 0.29) is 0 Å². The Morgan fingerprint density at radius 1 is 1.42 bits per heavy atom. The van der Waals surface area contributed by atoms with Gasteiger partial charge in [0, 0.05) is 10.1 Å². The Labute approximate surface area is 82.8 Å². The molecule has 2 rings (SSSR count). The monoisotopic (exact) mass is 242 g/mol. The third-order valence-electron chi connectivity index (χ3n) is 1.84. The lowest BCUT2D eigenvalue weighted by molar-refractivity contribution is 0.481. The van der Waals surface area contributed by atoms with Crippen molar-refractivity contribution in [2.75, 3.05) is 0 Å². The van der Waals surface area contributed by atoms with Gasteiger partial charge < -0.3 is 5.11 Å². The van der Waals surface area contributed by atoms with E-state index in [0.29, 0.717) is 5.75 Å². The van der Waals surface area contributed by atoms with Crippen LogP contribution in [-0.2, 0) is 0 Å². The molecule has 0 saturated carbocycles. The molecular formula is C9H7BrOS. The topological polar surface area (TPSA) is 20.2 Å². The van der Waals surface area contributed by atoms with Crippen molar-refractivity contribution in [1.29, 1.82) is 0 Å².